The SMILES string of the molecule is CN(C)[C@@H](CO)c1cccnc1. The van der Waals surface area contributed by atoms with E-state index < -0.39 is 0 Å². The molecule has 0 bridgehead atoms. The van der Waals surface area contributed by atoms with E-state index in [1.807, 2.05) is 31.1 Å². The van der Waals surface area contributed by atoms with E-state index in [-0.39, 0.29) is 12.6 Å². The lowest BCUT2D eigenvalue weighted by molar-refractivity contribution is 0.170. The Bertz CT molecular complexity index is 223. The molecule has 1 heterocycles. The van der Waals surface area contributed by atoms with Crippen LogP contribution in [0.3, 0.4) is 0 Å². The van der Waals surface area contributed by atoms with Crippen molar-refractivity contribution in [1.29, 1.82) is 0 Å². The molecule has 0 radical (unpaired) electrons. The van der Waals surface area contributed by atoms with Crippen LogP contribution in [0.4, 0.5) is 0 Å². The molecule has 0 aliphatic heterocycles. The van der Waals surface area contributed by atoms with E-state index in [0.717, 1.165) is 5.56 Å². The predicted octanol–water partition coefficient (Wildman–Crippen LogP) is 0.677. The van der Waals surface area contributed by atoms with Crippen molar-refractivity contribution in [3.05, 3.63) is 30.1 Å². The molecule has 0 aliphatic carbocycles. The molecule has 0 fully saturated rings. The van der Waals surface area contributed by atoms with E-state index >= 15 is 0 Å². The number of aliphatic hydroxyl groups is 1. The fourth-order valence-electron chi connectivity index (χ4n) is 1.14. The molecule has 12 heavy (non-hydrogen) atoms. The smallest absolute Gasteiger partial charge is 0.0629 e. The molecule has 0 saturated carbocycles. The molecule has 0 aromatic carbocycles. The normalized spacial score (nSPS) is 13.3. The first-order chi connectivity index (χ1) is 5.75. The molecule has 1 aromatic heterocycles. The van der Waals surface area contributed by atoms with Gasteiger partial charge in [-0.25, -0.2) is 0 Å². The standard InChI is InChI=1S/C9H14N2O/c1-11(2)9(7-12)8-4-3-5-10-6-8/h3-6,9,12H,7H2,1-2H3/t9-/m0/s1. The molecule has 0 aliphatic rings. The Morgan fingerprint density at radius 3 is 2.75 bits per heavy atom. The Kier molecular flexibility index (Phi) is 3.19. The Hall–Kier alpha value is -0.930. The van der Waals surface area contributed by atoms with E-state index in [4.69, 9.17) is 5.11 Å². The molecule has 3 heteroatoms. The molecular weight excluding hydrogens is 152 g/mol. The van der Waals surface area contributed by atoms with Crippen molar-refractivity contribution >= 4 is 0 Å². The van der Waals surface area contributed by atoms with Gasteiger partial charge in [-0.1, -0.05) is 6.07 Å². The van der Waals surface area contributed by atoms with Crippen molar-refractivity contribution in [2.75, 3.05) is 20.7 Å². The highest BCUT2D eigenvalue weighted by Crippen LogP contribution is 2.14. The van der Waals surface area contributed by atoms with E-state index in [1.54, 1.807) is 12.4 Å². The summed E-state index contributed by atoms with van der Waals surface area (Å²) in [6.07, 6.45) is 3.51. The van der Waals surface area contributed by atoms with E-state index in [0.29, 0.717) is 0 Å². The van der Waals surface area contributed by atoms with Crippen LogP contribution < -0.4 is 0 Å². The van der Waals surface area contributed by atoms with Gasteiger partial charge in [-0.15, -0.1) is 0 Å². The van der Waals surface area contributed by atoms with Crippen molar-refractivity contribution in [1.82, 2.24) is 9.88 Å². The summed E-state index contributed by atoms with van der Waals surface area (Å²) in [6.45, 7) is 0.124. The number of likely N-dealkylation sites (N-methyl/N-ethyl adjacent to an activating group) is 1. The Morgan fingerprint density at radius 2 is 2.33 bits per heavy atom. The van der Waals surface area contributed by atoms with E-state index in [1.165, 1.54) is 0 Å². The van der Waals surface area contributed by atoms with Crippen LogP contribution in [-0.2, 0) is 0 Å². The fraction of sp³-hybridized carbons (Fsp3) is 0.444. The quantitative estimate of drug-likeness (QED) is 0.717. The third-order valence-electron chi connectivity index (χ3n) is 1.87. The predicted molar refractivity (Wildman–Crippen MR) is 47.8 cm³/mol. The van der Waals surface area contributed by atoms with Gasteiger partial charge in [0.2, 0.25) is 0 Å². The van der Waals surface area contributed by atoms with Gasteiger partial charge in [-0.3, -0.25) is 4.98 Å². The first-order valence-electron chi connectivity index (χ1n) is 3.93. The summed E-state index contributed by atoms with van der Waals surface area (Å²) in [5, 5.41) is 9.08. The monoisotopic (exact) mass is 166 g/mol. The second-order valence-corrected chi connectivity index (χ2v) is 2.95. The number of aliphatic hydroxyl groups excluding tert-OH is 1. The summed E-state index contributed by atoms with van der Waals surface area (Å²) in [5.74, 6) is 0. The van der Waals surface area contributed by atoms with Crippen molar-refractivity contribution < 1.29 is 5.11 Å². The Labute approximate surface area is 72.7 Å². The van der Waals surface area contributed by atoms with Crippen LogP contribution in [0.2, 0.25) is 0 Å². The number of aromatic nitrogens is 1. The van der Waals surface area contributed by atoms with Gasteiger partial charge in [0, 0.05) is 12.4 Å². The second kappa shape index (κ2) is 4.18. The summed E-state index contributed by atoms with van der Waals surface area (Å²) < 4.78 is 0. The lowest BCUT2D eigenvalue weighted by Crippen LogP contribution is -2.23. The Morgan fingerprint density at radius 1 is 1.58 bits per heavy atom. The summed E-state index contributed by atoms with van der Waals surface area (Å²) in [6, 6.07) is 3.90. The number of rotatable bonds is 3. The molecule has 0 spiro atoms. The highest BCUT2D eigenvalue weighted by Gasteiger charge is 2.11. The molecule has 0 saturated heterocycles. The number of hydrogen-bond acceptors (Lipinski definition) is 3. The summed E-state index contributed by atoms with van der Waals surface area (Å²) in [4.78, 5) is 5.97. The number of hydrogen-bond donors (Lipinski definition) is 1. The largest absolute Gasteiger partial charge is 0.394 e. The van der Waals surface area contributed by atoms with Gasteiger partial charge in [-0.05, 0) is 25.7 Å². The van der Waals surface area contributed by atoms with Gasteiger partial charge >= 0.3 is 0 Å². The molecule has 1 aromatic rings. The van der Waals surface area contributed by atoms with Crippen molar-refractivity contribution in [2.24, 2.45) is 0 Å². The Balaban J connectivity index is 2.80. The zero-order valence-corrected chi connectivity index (χ0v) is 7.44. The first-order valence-corrected chi connectivity index (χ1v) is 3.93. The van der Waals surface area contributed by atoms with Crippen LogP contribution in [0.1, 0.15) is 11.6 Å². The van der Waals surface area contributed by atoms with Crippen molar-refractivity contribution in [2.45, 2.75) is 6.04 Å². The third-order valence-corrected chi connectivity index (χ3v) is 1.87. The lowest BCUT2D eigenvalue weighted by Gasteiger charge is -2.21. The minimum atomic E-state index is 0.0544. The van der Waals surface area contributed by atoms with Crippen molar-refractivity contribution in [3.63, 3.8) is 0 Å². The van der Waals surface area contributed by atoms with E-state index in [9.17, 15) is 0 Å². The molecule has 1 N–H and O–H groups in total. The van der Waals surface area contributed by atoms with Gasteiger partial charge in [0.05, 0.1) is 12.6 Å². The van der Waals surface area contributed by atoms with E-state index in [2.05, 4.69) is 4.98 Å². The van der Waals surface area contributed by atoms with Crippen LogP contribution in [0, 0.1) is 0 Å². The third kappa shape index (κ3) is 2.03. The number of nitrogens with zero attached hydrogens (tertiary/aromatic N) is 2. The maximum Gasteiger partial charge on any atom is 0.0629 e. The summed E-state index contributed by atoms with van der Waals surface area (Å²) in [7, 11) is 3.88. The molecule has 66 valence electrons. The highest BCUT2D eigenvalue weighted by molar-refractivity contribution is 5.13. The maximum atomic E-state index is 9.08. The van der Waals surface area contributed by atoms with Crippen molar-refractivity contribution in [3.8, 4) is 0 Å². The van der Waals surface area contributed by atoms with Crippen LogP contribution >= 0.6 is 0 Å². The van der Waals surface area contributed by atoms with Gasteiger partial charge in [0.25, 0.3) is 0 Å². The summed E-state index contributed by atoms with van der Waals surface area (Å²) in [5.41, 5.74) is 1.05. The molecule has 0 unspecified atom stereocenters. The lowest BCUT2D eigenvalue weighted by atomic mass is 10.1. The topological polar surface area (TPSA) is 36.4 Å². The van der Waals surface area contributed by atoms with Gasteiger partial charge in [0.15, 0.2) is 0 Å². The molecule has 1 atom stereocenters. The number of pyridine rings is 1. The van der Waals surface area contributed by atoms with Crippen LogP contribution in [0.5, 0.6) is 0 Å². The van der Waals surface area contributed by atoms with Gasteiger partial charge in [-0.2, -0.15) is 0 Å². The molecule has 0 amide bonds. The minimum Gasteiger partial charge on any atom is -0.394 e. The fourth-order valence-corrected chi connectivity index (χ4v) is 1.14. The van der Waals surface area contributed by atoms with Crippen LogP contribution in [0.25, 0.3) is 0 Å². The highest BCUT2D eigenvalue weighted by atomic mass is 16.3. The van der Waals surface area contributed by atoms with Gasteiger partial charge < -0.3 is 10.0 Å². The van der Waals surface area contributed by atoms with Crippen LogP contribution in [0.15, 0.2) is 24.5 Å². The average molecular weight is 166 g/mol. The average Bonchev–Trinajstić information content (AvgIpc) is 2.07. The molecule has 3 nitrogen and oxygen atoms in total. The van der Waals surface area contributed by atoms with Crippen LogP contribution in [-0.4, -0.2) is 35.7 Å². The zero-order valence-electron chi connectivity index (χ0n) is 7.44. The molecular formula is C9H14N2O. The minimum absolute atomic E-state index is 0.0544. The zero-order chi connectivity index (χ0) is 8.97. The molecule has 1 rings (SSSR count). The van der Waals surface area contributed by atoms with Gasteiger partial charge in [0.1, 0.15) is 0 Å². The second-order valence-electron chi connectivity index (χ2n) is 2.95. The maximum absolute atomic E-state index is 9.08. The first kappa shape index (κ1) is 9.16. The summed E-state index contributed by atoms with van der Waals surface area (Å²) >= 11 is 0.